The molecule has 1 saturated heterocycles. The zero-order chi connectivity index (χ0) is 19.1. The van der Waals surface area contributed by atoms with Crippen LogP contribution in [0.25, 0.3) is 0 Å². The largest absolute Gasteiger partial charge is 0.467 e. The summed E-state index contributed by atoms with van der Waals surface area (Å²) in [6, 6.07) is 9.98. The fraction of sp³-hybridized carbons (Fsp3) is 0.550. The van der Waals surface area contributed by atoms with E-state index in [0.717, 1.165) is 31.5 Å². The van der Waals surface area contributed by atoms with Crippen LogP contribution in [0.15, 0.2) is 30.3 Å². The maximum Gasteiger partial charge on any atom is 0.322 e. The molecule has 2 N–H and O–H groups in total. The first-order valence-electron chi connectivity index (χ1n) is 9.65. The van der Waals surface area contributed by atoms with E-state index in [1.54, 1.807) is 7.11 Å². The molecule has 1 fully saturated rings. The molecule has 146 valence electrons. The maximum atomic E-state index is 10.7. The zero-order valence-electron chi connectivity index (χ0n) is 16.2. The van der Waals surface area contributed by atoms with Gasteiger partial charge in [-0.25, -0.2) is 0 Å². The number of nitrogens with zero attached hydrogens (tertiary/aromatic N) is 4. The minimum atomic E-state index is -0.918. The smallest absolute Gasteiger partial charge is 0.322 e. The Hall–Kier alpha value is -2.41. The Morgan fingerprint density at radius 2 is 1.78 bits per heavy atom. The van der Waals surface area contributed by atoms with Crippen molar-refractivity contribution in [3.8, 4) is 6.01 Å². The molecule has 0 amide bonds. The molecule has 1 unspecified atom stereocenters. The highest BCUT2D eigenvalue weighted by atomic mass is 16.5. The number of anilines is 2. The third-order valence-electron chi connectivity index (χ3n) is 4.97. The Kier molecular flexibility index (Phi) is 6.45. The van der Waals surface area contributed by atoms with Gasteiger partial charge in [-0.05, 0) is 31.7 Å². The predicted molar refractivity (Wildman–Crippen MR) is 106 cm³/mol. The molecule has 7 heteroatoms. The Bertz CT molecular complexity index is 716. The molecule has 0 radical (unpaired) electrons. The second kappa shape index (κ2) is 8.99. The summed E-state index contributed by atoms with van der Waals surface area (Å²) in [5.41, 5.74) is -0.0239. The van der Waals surface area contributed by atoms with Gasteiger partial charge >= 0.3 is 6.01 Å². The number of aromatic nitrogens is 3. The van der Waals surface area contributed by atoms with Gasteiger partial charge in [0.05, 0.1) is 12.7 Å². The average molecular weight is 371 g/mol. The first kappa shape index (κ1) is 19.4. The molecule has 0 spiro atoms. The monoisotopic (exact) mass is 371 g/mol. The molecular weight excluding hydrogens is 342 g/mol. The van der Waals surface area contributed by atoms with Gasteiger partial charge in [0.2, 0.25) is 11.9 Å². The molecule has 1 atom stereocenters. The number of rotatable bonds is 7. The van der Waals surface area contributed by atoms with Gasteiger partial charge in [-0.15, -0.1) is 0 Å². The molecule has 1 aromatic heterocycles. The van der Waals surface area contributed by atoms with Crippen LogP contribution in [0.4, 0.5) is 11.9 Å². The maximum absolute atomic E-state index is 10.7. The number of hydrogen-bond acceptors (Lipinski definition) is 7. The molecule has 3 rings (SSSR count). The van der Waals surface area contributed by atoms with E-state index >= 15 is 0 Å². The quantitative estimate of drug-likeness (QED) is 0.774. The van der Waals surface area contributed by atoms with Crippen LogP contribution < -0.4 is 15.0 Å². The zero-order valence-corrected chi connectivity index (χ0v) is 16.2. The van der Waals surface area contributed by atoms with E-state index in [2.05, 4.69) is 25.2 Å². The molecule has 0 bridgehead atoms. The third-order valence-corrected chi connectivity index (χ3v) is 4.97. The van der Waals surface area contributed by atoms with E-state index < -0.39 is 5.60 Å². The van der Waals surface area contributed by atoms with Crippen molar-refractivity contribution in [2.24, 2.45) is 0 Å². The minimum Gasteiger partial charge on any atom is -0.467 e. The second-order valence-electron chi connectivity index (χ2n) is 7.16. The van der Waals surface area contributed by atoms with Crippen LogP contribution in [-0.2, 0) is 5.60 Å². The molecule has 0 saturated carbocycles. The van der Waals surface area contributed by atoms with Gasteiger partial charge in [0.15, 0.2) is 0 Å². The number of methoxy groups -OCH3 is 1. The van der Waals surface area contributed by atoms with E-state index in [1.165, 1.54) is 12.8 Å². The summed E-state index contributed by atoms with van der Waals surface area (Å²) >= 11 is 0. The van der Waals surface area contributed by atoms with Crippen molar-refractivity contribution in [2.45, 2.75) is 44.6 Å². The summed E-state index contributed by atoms with van der Waals surface area (Å²) < 4.78 is 5.26. The highest BCUT2D eigenvalue weighted by molar-refractivity contribution is 5.38. The van der Waals surface area contributed by atoms with Crippen LogP contribution in [0.1, 0.15) is 44.6 Å². The van der Waals surface area contributed by atoms with Gasteiger partial charge in [-0.3, -0.25) is 0 Å². The number of hydrogen-bond donors (Lipinski definition) is 2. The third kappa shape index (κ3) is 5.29. The van der Waals surface area contributed by atoms with Gasteiger partial charge in [0.25, 0.3) is 0 Å². The lowest BCUT2D eigenvalue weighted by atomic mass is 9.93. The van der Waals surface area contributed by atoms with Gasteiger partial charge in [-0.1, -0.05) is 43.2 Å². The van der Waals surface area contributed by atoms with Crippen LogP contribution in [0.2, 0.25) is 0 Å². The van der Waals surface area contributed by atoms with Crippen molar-refractivity contribution in [2.75, 3.05) is 37.0 Å². The minimum absolute atomic E-state index is 0.307. The van der Waals surface area contributed by atoms with Crippen LogP contribution >= 0.6 is 0 Å². The Balaban J connectivity index is 1.66. The molecule has 7 nitrogen and oxygen atoms in total. The molecule has 0 aliphatic carbocycles. The average Bonchev–Trinajstić information content (AvgIpc) is 2.98. The highest BCUT2D eigenvalue weighted by Crippen LogP contribution is 2.24. The van der Waals surface area contributed by atoms with Crippen molar-refractivity contribution in [3.05, 3.63) is 35.9 Å². The van der Waals surface area contributed by atoms with E-state index in [9.17, 15) is 5.11 Å². The summed E-state index contributed by atoms with van der Waals surface area (Å²) in [7, 11) is 1.56. The number of ether oxygens (including phenoxy) is 1. The summed E-state index contributed by atoms with van der Waals surface area (Å²) in [6.07, 6.45) is 5.33. The summed E-state index contributed by atoms with van der Waals surface area (Å²) in [5.74, 6) is 1.13. The second-order valence-corrected chi connectivity index (χ2v) is 7.16. The van der Waals surface area contributed by atoms with Gasteiger partial charge < -0.3 is 20.1 Å². The fourth-order valence-electron chi connectivity index (χ4n) is 3.29. The molecule has 1 aromatic carbocycles. The number of nitrogens with one attached hydrogen (secondary N) is 1. The summed E-state index contributed by atoms with van der Waals surface area (Å²) in [5, 5.41) is 13.9. The fourth-order valence-corrected chi connectivity index (χ4v) is 3.29. The predicted octanol–water partition coefficient (Wildman–Crippen LogP) is 2.97. The number of aliphatic hydroxyl groups is 1. The lowest BCUT2D eigenvalue weighted by Crippen LogP contribution is -2.27. The van der Waals surface area contributed by atoms with E-state index in [1.807, 2.05) is 37.3 Å². The van der Waals surface area contributed by atoms with Crippen molar-refractivity contribution >= 4 is 11.9 Å². The normalized spacial score (nSPS) is 17.1. The van der Waals surface area contributed by atoms with E-state index in [-0.39, 0.29) is 0 Å². The lowest BCUT2D eigenvalue weighted by Gasteiger charge is -2.24. The summed E-state index contributed by atoms with van der Waals surface area (Å²) in [6.45, 7) is 4.26. The Morgan fingerprint density at radius 3 is 2.44 bits per heavy atom. The Morgan fingerprint density at radius 1 is 1.07 bits per heavy atom. The molecule has 2 aromatic rings. The number of benzene rings is 1. The van der Waals surface area contributed by atoms with Crippen molar-refractivity contribution < 1.29 is 9.84 Å². The van der Waals surface area contributed by atoms with E-state index in [0.29, 0.717) is 30.9 Å². The first-order chi connectivity index (χ1) is 13.1. The topological polar surface area (TPSA) is 83.4 Å². The van der Waals surface area contributed by atoms with Crippen molar-refractivity contribution in [1.82, 2.24) is 15.0 Å². The SMILES string of the molecule is COc1nc(NCCC(C)(O)c2ccccc2)nc(N2CCCCCC2)n1. The Labute approximate surface area is 160 Å². The van der Waals surface area contributed by atoms with Gasteiger partial charge in [-0.2, -0.15) is 15.0 Å². The molecule has 1 aliphatic rings. The summed E-state index contributed by atoms with van der Waals surface area (Å²) in [4.78, 5) is 15.5. The first-order valence-corrected chi connectivity index (χ1v) is 9.65. The van der Waals surface area contributed by atoms with Gasteiger partial charge in [0, 0.05) is 19.6 Å². The van der Waals surface area contributed by atoms with Crippen LogP contribution in [0, 0.1) is 0 Å². The van der Waals surface area contributed by atoms with Crippen LogP contribution in [0.5, 0.6) is 6.01 Å². The molecule has 27 heavy (non-hydrogen) atoms. The van der Waals surface area contributed by atoms with Crippen LogP contribution in [-0.4, -0.2) is 46.8 Å². The standard InChI is InChI=1S/C20H29N5O2/c1-20(26,16-10-6-5-7-11-16)12-13-21-17-22-18(24-19(23-17)27-2)25-14-8-3-4-9-15-25/h5-7,10-11,26H,3-4,8-9,12-15H2,1-2H3,(H,21,22,23,24). The van der Waals surface area contributed by atoms with E-state index in [4.69, 9.17) is 4.74 Å². The van der Waals surface area contributed by atoms with Crippen LogP contribution in [0.3, 0.4) is 0 Å². The lowest BCUT2D eigenvalue weighted by molar-refractivity contribution is 0.0515. The molecular formula is C20H29N5O2. The molecule has 2 heterocycles. The van der Waals surface area contributed by atoms with Crippen molar-refractivity contribution in [3.63, 3.8) is 0 Å². The van der Waals surface area contributed by atoms with Gasteiger partial charge in [0.1, 0.15) is 0 Å². The van der Waals surface area contributed by atoms with Crippen molar-refractivity contribution in [1.29, 1.82) is 0 Å². The highest BCUT2D eigenvalue weighted by Gasteiger charge is 2.22. The molecule has 1 aliphatic heterocycles.